The number of nitrogens with zero attached hydrogens (tertiary/aromatic N) is 1. The van der Waals surface area contributed by atoms with Crippen LogP contribution in [0.15, 0.2) is 0 Å². The van der Waals surface area contributed by atoms with Crippen molar-refractivity contribution in [2.75, 3.05) is 19.6 Å². The number of piperidine rings is 1. The van der Waals surface area contributed by atoms with Gasteiger partial charge in [-0.2, -0.15) is 0 Å². The number of hydrogen-bond donors (Lipinski definition) is 2. The highest BCUT2D eigenvalue weighted by Crippen LogP contribution is 2.61. The Bertz CT molecular complexity index is 671. The van der Waals surface area contributed by atoms with E-state index < -0.39 is 11.7 Å². The average molecular weight is 434 g/mol. The van der Waals surface area contributed by atoms with Gasteiger partial charge < -0.3 is 20.3 Å². The summed E-state index contributed by atoms with van der Waals surface area (Å²) < 4.78 is 5.17. The van der Waals surface area contributed by atoms with Gasteiger partial charge in [-0.25, -0.2) is 4.79 Å². The number of nitrogens with one attached hydrogen (secondary N) is 2. The highest BCUT2D eigenvalue weighted by Gasteiger charge is 2.51. The van der Waals surface area contributed by atoms with Gasteiger partial charge in [0.15, 0.2) is 0 Å². The summed E-state index contributed by atoms with van der Waals surface area (Å²) in [6.45, 7) is 6.52. The number of carbonyl (C=O) groups is 3. The lowest BCUT2D eigenvalue weighted by Gasteiger charge is -2.56. The van der Waals surface area contributed by atoms with E-state index in [2.05, 4.69) is 10.6 Å². The first-order valence-corrected chi connectivity index (χ1v) is 12.1. The van der Waals surface area contributed by atoms with E-state index in [1.165, 1.54) is 38.5 Å². The summed E-state index contributed by atoms with van der Waals surface area (Å²) in [5.74, 6) is 2.69. The second-order valence-corrected chi connectivity index (χ2v) is 11.7. The lowest BCUT2D eigenvalue weighted by Crippen LogP contribution is -2.51. The lowest BCUT2D eigenvalue weighted by molar-refractivity contribution is -0.132. The third kappa shape index (κ3) is 5.72. The maximum Gasteiger partial charge on any atom is 0.408 e. The van der Waals surface area contributed by atoms with E-state index in [0.717, 1.165) is 30.6 Å². The summed E-state index contributed by atoms with van der Waals surface area (Å²) >= 11 is 0. The molecule has 0 aromatic carbocycles. The van der Waals surface area contributed by atoms with Gasteiger partial charge in [0.1, 0.15) is 12.1 Å². The Morgan fingerprint density at radius 3 is 2.03 bits per heavy atom. The lowest BCUT2D eigenvalue weighted by atomic mass is 9.49. The van der Waals surface area contributed by atoms with Crippen LogP contribution in [0.25, 0.3) is 0 Å². The molecule has 0 radical (unpaired) electrons. The minimum atomic E-state index is -0.583. The Morgan fingerprint density at radius 2 is 1.52 bits per heavy atom. The number of alkyl carbamates (subject to hydrolysis) is 1. The van der Waals surface area contributed by atoms with Gasteiger partial charge in [0.2, 0.25) is 11.8 Å². The molecule has 1 heterocycles. The molecule has 5 fully saturated rings. The van der Waals surface area contributed by atoms with Crippen LogP contribution in [0.5, 0.6) is 0 Å². The van der Waals surface area contributed by atoms with Crippen LogP contribution in [-0.2, 0) is 14.3 Å². The maximum absolute atomic E-state index is 12.8. The molecule has 0 aromatic heterocycles. The normalized spacial score (nSPS) is 32.6. The summed E-state index contributed by atoms with van der Waals surface area (Å²) in [6, 6.07) is 0.143. The van der Waals surface area contributed by atoms with Crippen molar-refractivity contribution in [3.8, 4) is 0 Å². The second-order valence-electron chi connectivity index (χ2n) is 11.7. The van der Waals surface area contributed by atoms with Crippen LogP contribution >= 0.6 is 0 Å². The Labute approximate surface area is 186 Å². The van der Waals surface area contributed by atoms with Gasteiger partial charge in [0.25, 0.3) is 0 Å². The van der Waals surface area contributed by atoms with Gasteiger partial charge in [0, 0.05) is 25.6 Å². The van der Waals surface area contributed by atoms with Crippen molar-refractivity contribution in [2.24, 2.45) is 23.2 Å². The zero-order valence-corrected chi connectivity index (χ0v) is 19.4. The Morgan fingerprint density at radius 1 is 0.968 bits per heavy atom. The molecule has 0 aromatic rings. The molecular weight excluding hydrogens is 394 g/mol. The summed E-state index contributed by atoms with van der Waals surface area (Å²) in [6.07, 6.45) is 9.61. The molecule has 7 heteroatoms. The summed E-state index contributed by atoms with van der Waals surface area (Å²) in [5, 5.41) is 5.79. The van der Waals surface area contributed by atoms with Gasteiger partial charge in [0.05, 0.1) is 0 Å². The number of likely N-dealkylation sites (tertiary alicyclic amines) is 1. The molecule has 1 saturated heterocycles. The van der Waals surface area contributed by atoms with Crippen LogP contribution in [0.1, 0.15) is 78.6 Å². The summed E-state index contributed by atoms with van der Waals surface area (Å²) in [7, 11) is 0. The fraction of sp³-hybridized carbons (Fsp3) is 0.875. The smallest absolute Gasteiger partial charge is 0.408 e. The number of amides is 3. The van der Waals surface area contributed by atoms with Crippen molar-refractivity contribution in [1.29, 1.82) is 0 Å². The standard InChI is InChI=1S/C24H39N3O4/c1-23(2,3)31-22(30)25-15-21(29)27-6-4-19(5-7-27)26-20(28)14-24-11-16-8-17(12-24)10-18(9-16)13-24/h16-19H,4-15H2,1-3H3,(H,25,30)(H,26,28). The molecule has 5 rings (SSSR count). The molecule has 31 heavy (non-hydrogen) atoms. The molecule has 4 aliphatic carbocycles. The molecule has 0 spiro atoms. The molecule has 7 nitrogen and oxygen atoms in total. The van der Waals surface area contributed by atoms with Crippen molar-refractivity contribution in [3.05, 3.63) is 0 Å². The van der Waals surface area contributed by atoms with E-state index in [1.807, 2.05) is 0 Å². The number of hydrogen-bond acceptors (Lipinski definition) is 4. The minimum absolute atomic E-state index is 0.0576. The van der Waals surface area contributed by atoms with Crippen LogP contribution in [-0.4, -0.2) is 54.1 Å². The van der Waals surface area contributed by atoms with Crippen molar-refractivity contribution in [2.45, 2.75) is 90.2 Å². The van der Waals surface area contributed by atoms with Crippen molar-refractivity contribution >= 4 is 17.9 Å². The molecule has 4 saturated carbocycles. The van der Waals surface area contributed by atoms with Crippen molar-refractivity contribution in [1.82, 2.24) is 15.5 Å². The minimum Gasteiger partial charge on any atom is -0.444 e. The maximum atomic E-state index is 12.8. The number of rotatable bonds is 5. The van der Waals surface area contributed by atoms with Crippen molar-refractivity contribution < 1.29 is 19.1 Å². The van der Waals surface area contributed by atoms with E-state index in [-0.39, 0.29) is 29.8 Å². The summed E-state index contributed by atoms with van der Waals surface area (Å²) in [4.78, 5) is 38.7. The molecule has 0 atom stereocenters. The third-order valence-corrected chi connectivity index (χ3v) is 7.70. The molecule has 174 valence electrons. The summed E-state index contributed by atoms with van der Waals surface area (Å²) in [5.41, 5.74) is -0.317. The highest BCUT2D eigenvalue weighted by atomic mass is 16.6. The predicted octanol–water partition coefficient (Wildman–Crippen LogP) is 3.22. The van der Waals surface area contributed by atoms with Gasteiger partial charge in [-0.05, 0) is 95.3 Å². The fourth-order valence-corrected chi connectivity index (χ4v) is 6.97. The zero-order valence-electron chi connectivity index (χ0n) is 19.4. The molecule has 1 aliphatic heterocycles. The van der Waals surface area contributed by atoms with Gasteiger partial charge in [-0.3, -0.25) is 9.59 Å². The zero-order chi connectivity index (χ0) is 22.2. The van der Waals surface area contributed by atoms with Crippen LogP contribution in [0.4, 0.5) is 4.79 Å². The van der Waals surface area contributed by atoms with Gasteiger partial charge >= 0.3 is 6.09 Å². The average Bonchev–Trinajstić information content (AvgIpc) is 2.63. The Balaban J connectivity index is 1.17. The van der Waals surface area contributed by atoms with E-state index in [1.54, 1.807) is 25.7 Å². The SMILES string of the molecule is CC(C)(C)OC(=O)NCC(=O)N1CCC(NC(=O)CC23CC4CC(CC(C4)C2)C3)CC1. The number of carbonyl (C=O) groups excluding carboxylic acids is 3. The Hall–Kier alpha value is -1.79. The first-order valence-electron chi connectivity index (χ1n) is 12.1. The third-order valence-electron chi connectivity index (χ3n) is 7.70. The van der Waals surface area contributed by atoms with Crippen LogP contribution in [0, 0.1) is 23.2 Å². The first kappa shape index (κ1) is 22.4. The number of ether oxygens (including phenoxy) is 1. The molecule has 2 N–H and O–H groups in total. The second kappa shape index (κ2) is 8.62. The quantitative estimate of drug-likeness (QED) is 0.697. The largest absolute Gasteiger partial charge is 0.444 e. The van der Waals surface area contributed by atoms with E-state index in [0.29, 0.717) is 19.5 Å². The predicted molar refractivity (Wildman–Crippen MR) is 117 cm³/mol. The van der Waals surface area contributed by atoms with Gasteiger partial charge in [-0.1, -0.05) is 0 Å². The van der Waals surface area contributed by atoms with Gasteiger partial charge in [-0.15, -0.1) is 0 Å². The fourth-order valence-electron chi connectivity index (χ4n) is 6.97. The van der Waals surface area contributed by atoms with E-state index >= 15 is 0 Å². The van der Waals surface area contributed by atoms with E-state index in [9.17, 15) is 14.4 Å². The molecule has 0 unspecified atom stereocenters. The highest BCUT2D eigenvalue weighted by molar-refractivity contribution is 5.82. The topological polar surface area (TPSA) is 87.7 Å². The molecule has 4 bridgehead atoms. The van der Waals surface area contributed by atoms with Crippen LogP contribution in [0.3, 0.4) is 0 Å². The van der Waals surface area contributed by atoms with Crippen molar-refractivity contribution in [3.63, 3.8) is 0 Å². The van der Waals surface area contributed by atoms with Crippen LogP contribution in [0.2, 0.25) is 0 Å². The van der Waals surface area contributed by atoms with Crippen LogP contribution < -0.4 is 10.6 Å². The monoisotopic (exact) mass is 433 g/mol. The molecule has 5 aliphatic rings. The molecular formula is C24H39N3O4. The molecule has 3 amide bonds. The first-order chi connectivity index (χ1) is 14.6. The Kier molecular flexibility index (Phi) is 6.23. The van der Waals surface area contributed by atoms with E-state index in [4.69, 9.17) is 4.74 Å².